The molecule has 1 fully saturated rings. The number of fused-ring (bicyclic) bond motifs is 1. The molecule has 0 radical (unpaired) electrons. The van der Waals surface area contributed by atoms with Crippen LogP contribution < -0.4 is 10.6 Å². The molecule has 1 aliphatic heterocycles. The van der Waals surface area contributed by atoms with E-state index in [2.05, 4.69) is 10.6 Å². The molecule has 0 aromatic heterocycles. The van der Waals surface area contributed by atoms with Gasteiger partial charge in [0.05, 0.1) is 10.6 Å². The Morgan fingerprint density at radius 2 is 2.05 bits per heavy atom. The van der Waals surface area contributed by atoms with Gasteiger partial charge in [-0.1, -0.05) is 12.8 Å². The Hall–Kier alpha value is -2.11. The van der Waals surface area contributed by atoms with Crippen molar-refractivity contribution in [3.8, 4) is 0 Å². The SMILES string of the molecule is O=C1CCc2cc(NCC3CCCC3)c([N+](=O)[O-])cc2N1. The largest absolute Gasteiger partial charge is 0.379 e. The first-order valence-corrected chi connectivity index (χ1v) is 7.48. The number of carbonyl (C=O) groups is 1. The Balaban J connectivity index is 1.83. The van der Waals surface area contributed by atoms with Gasteiger partial charge in [-0.15, -0.1) is 0 Å². The molecule has 0 spiro atoms. The predicted molar refractivity (Wildman–Crippen MR) is 80.5 cm³/mol. The molecule has 0 atom stereocenters. The second-order valence-electron chi connectivity index (χ2n) is 5.86. The van der Waals surface area contributed by atoms with E-state index >= 15 is 0 Å². The fourth-order valence-electron chi connectivity index (χ4n) is 3.18. The molecular formula is C15H19N3O3. The summed E-state index contributed by atoms with van der Waals surface area (Å²) in [5.41, 5.74) is 2.15. The van der Waals surface area contributed by atoms with Crippen molar-refractivity contribution >= 4 is 23.0 Å². The van der Waals surface area contributed by atoms with Crippen molar-refractivity contribution in [2.75, 3.05) is 17.2 Å². The maximum absolute atomic E-state index is 11.4. The summed E-state index contributed by atoms with van der Waals surface area (Å²) in [5, 5.41) is 17.2. The average Bonchev–Trinajstić information content (AvgIpc) is 2.97. The minimum absolute atomic E-state index is 0.0361. The van der Waals surface area contributed by atoms with Gasteiger partial charge in [-0.05, 0) is 36.8 Å². The van der Waals surface area contributed by atoms with Crippen LogP contribution in [0.1, 0.15) is 37.7 Å². The van der Waals surface area contributed by atoms with E-state index < -0.39 is 4.92 Å². The monoisotopic (exact) mass is 289 g/mol. The van der Waals surface area contributed by atoms with Crippen LogP contribution in [0.15, 0.2) is 12.1 Å². The highest BCUT2D eigenvalue weighted by atomic mass is 16.6. The van der Waals surface area contributed by atoms with Gasteiger partial charge in [0, 0.05) is 19.0 Å². The molecule has 1 amide bonds. The lowest BCUT2D eigenvalue weighted by Gasteiger charge is -2.19. The fraction of sp³-hybridized carbons (Fsp3) is 0.533. The van der Waals surface area contributed by atoms with Gasteiger partial charge in [-0.3, -0.25) is 14.9 Å². The molecule has 112 valence electrons. The van der Waals surface area contributed by atoms with E-state index in [1.165, 1.54) is 31.7 Å². The first-order valence-electron chi connectivity index (χ1n) is 7.48. The smallest absolute Gasteiger partial charge is 0.294 e. The molecule has 2 aliphatic rings. The number of anilines is 2. The highest BCUT2D eigenvalue weighted by Crippen LogP contribution is 2.35. The zero-order valence-corrected chi connectivity index (χ0v) is 11.9. The van der Waals surface area contributed by atoms with Gasteiger partial charge < -0.3 is 10.6 Å². The van der Waals surface area contributed by atoms with Gasteiger partial charge in [0.1, 0.15) is 5.69 Å². The second-order valence-corrected chi connectivity index (χ2v) is 5.86. The maximum atomic E-state index is 11.4. The molecule has 0 bridgehead atoms. The minimum Gasteiger partial charge on any atom is -0.379 e. The number of nitro groups is 1. The molecule has 1 heterocycles. The zero-order valence-electron chi connectivity index (χ0n) is 11.9. The summed E-state index contributed by atoms with van der Waals surface area (Å²) < 4.78 is 0. The standard InChI is InChI=1S/C15H19N3O3/c19-15-6-5-11-7-13(16-9-10-3-1-2-4-10)14(18(20)21)8-12(11)17-15/h7-8,10,16H,1-6,9H2,(H,17,19). The molecule has 1 aromatic rings. The third-order valence-corrected chi connectivity index (χ3v) is 4.37. The zero-order chi connectivity index (χ0) is 14.8. The van der Waals surface area contributed by atoms with E-state index in [-0.39, 0.29) is 11.6 Å². The van der Waals surface area contributed by atoms with Gasteiger partial charge >= 0.3 is 0 Å². The number of hydrogen-bond acceptors (Lipinski definition) is 4. The lowest BCUT2D eigenvalue weighted by Crippen LogP contribution is -2.20. The van der Waals surface area contributed by atoms with Gasteiger partial charge in [-0.2, -0.15) is 0 Å². The van der Waals surface area contributed by atoms with Gasteiger partial charge in [0.2, 0.25) is 5.91 Å². The highest BCUT2D eigenvalue weighted by molar-refractivity contribution is 5.95. The third-order valence-electron chi connectivity index (χ3n) is 4.37. The summed E-state index contributed by atoms with van der Waals surface area (Å²) in [6.07, 6.45) is 5.98. The van der Waals surface area contributed by atoms with Crippen LogP contribution in [0.2, 0.25) is 0 Å². The summed E-state index contributed by atoms with van der Waals surface area (Å²) in [6, 6.07) is 3.30. The number of hydrogen-bond donors (Lipinski definition) is 2. The van der Waals surface area contributed by atoms with E-state index in [0.29, 0.717) is 30.1 Å². The van der Waals surface area contributed by atoms with Crippen molar-refractivity contribution in [3.63, 3.8) is 0 Å². The molecule has 6 nitrogen and oxygen atoms in total. The van der Waals surface area contributed by atoms with Crippen molar-refractivity contribution in [1.29, 1.82) is 0 Å². The number of nitrogens with one attached hydrogen (secondary N) is 2. The topological polar surface area (TPSA) is 84.3 Å². The summed E-state index contributed by atoms with van der Waals surface area (Å²) in [5.74, 6) is 0.531. The number of nitro benzene ring substituents is 1. The maximum Gasteiger partial charge on any atom is 0.294 e. The number of nitrogens with zero attached hydrogens (tertiary/aromatic N) is 1. The Kier molecular flexibility index (Phi) is 3.77. The van der Waals surface area contributed by atoms with Crippen LogP contribution >= 0.6 is 0 Å². The molecule has 2 N–H and O–H groups in total. The summed E-state index contributed by atoms with van der Waals surface area (Å²) in [6.45, 7) is 0.784. The average molecular weight is 289 g/mol. The lowest BCUT2D eigenvalue weighted by atomic mass is 10.0. The van der Waals surface area contributed by atoms with Crippen LogP contribution in [-0.2, 0) is 11.2 Å². The van der Waals surface area contributed by atoms with Crippen LogP contribution in [0.25, 0.3) is 0 Å². The quantitative estimate of drug-likeness (QED) is 0.659. The third kappa shape index (κ3) is 2.99. The number of rotatable bonds is 4. The van der Waals surface area contributed by atoms with Crippen molar-refractivity contribution in [3.05, 3.63) is 27.8 Å². The Labute approximate surface area is 123 Å². The van der Waals surface area contributed by atoms with E-state index in [9.17, 15) is 14.9 Å². The van der Waals surface area contributed by atoms with Gasteiger partial charge in [0.15, 0.2) is 0 Å². The molecule has 1 saturated carbocycles. The van der Waals surface area contributed by atoms with Crippen LogP contribution in [0.4, 0.5) is 17.1 Å². The highest BCUT2D eigenvalue weighted by Gasteiger charge is 2.23. The lowest BCUT2D eigenvalue weighted by molar-refractivity contribution is -0.383. The molecular weight excluding hydrogens is 270 g/mol. The Morgan fingerprint density at radius 3 is 2.76 bits per heavy atom. The number of carbonyl (C=O) groups excluding carboxylic acids is 1. The van der Waals surface area contributed by atoms with Gasteiger partial charge in [0.25, 0.3) is 5.69 Å². The predicted octanol–water partition coefficient (Wildman–Crippen LogP) is 3.08. The molecule has 3 rings (SSSR count). The first kappa shape index (κ1) is 13.9. The molecule has 1 aliphatic carbocycles. The number of benzene rings is 1. The molecule has 0 unspecified atom stereocenters. The van der Waals surface area contributed by atoms with Crippen molar-refractivity contribution < 1.29 is 9.72 Å². The fourth-order valence-corrected chi connectivity index (χ4v) is 3.18. The van der Waals surface area contributed by atoms with E-state index in [1.54, 1.807) is 0 Å². The summed E-state index contributed by atoms with van der Waals surface area (Å²) >= 11 is 0. The molecule has 6 heteroatoms. The Morgan fingerprint density at radius 1 is 1.29 bits per heavy atom. The van der Waals surface area contributed by atoms with E-state index in [1.807, 2.05) is 6.07 Å². The van der Waals surface area contributed by atoms with E-state index in [4.69, 9.17) is 0 Å². The van der Waals surface area contributed by atoms with Crippen molar-refractivity contribution in [2.45, 2.75) is 38.5 Å². The Bertz CT molecular complexity index is 580. The van der Waals surface area contributed by atoms with E-state index in [0.717, 1.165) is 12.1 Å². The molecule has 0 saturated heterocycles. The number of aryl methyl sites for hydroxylation is 1. The van der Waals surface area contributed by atoms with Crippen LogP contribution in [0.3, 0.4) is 0 Å². The summed E-state index contributed by atoms with van der Waals surface area (Å²) in [4.78, 5) is 22.2. The van der Waals surface area contributed by atoms with Gasteiger partial charge in [-0.25, -0.2) is 0 Å². The van der Waals surface area contributed by atoms with Crippen LogP contribution in [0.5, 0.6) is 0 Å². The minimum atomic E-state index is -0.391. The van der Waals surface area contributed by atoms with Crippen molar-refractivity contribution in [1.82, 2.24) is 0 Å². The van der Waals surface area contributed by atoms with Crippen LogP contribution in [-0.4, -0.2) is 17.4 Å². The second kappa shape index (κ2) is 5.71. The number of amides is 1. The van der Waals surface area contributed by atoms with Crippen molar-refractivity contribution in [2.24, 2.45) is 5.92 Å². The summed E-state index contributed by atoms with van der Waals surface area (Å²) in [7, 11) is 0. The molecule has 1 aromatic carbocycles. The first-order chi connectivity index (χ1) is 10.1. The molecule has 21 heavy (non-hydrogen) atoms. The van der Waals surface area contributed by atoms with Crippen LogP contribution in [0, 0.1) is 16.0 Å². The normalized spacial score (nSPS) is 18.2.